The van der Waals surface area contributed by atoms with Gasteiger partial charge in [-0.1, -0.05) is 19.1 Å². The van der Waals surface area contributed by atoms with E-state index in [0.717, 1.165) is 36.6 Å². The van der Waals surface area contributed by atoms with Gasteiger partial charge in [0, 0.05) is 5.56 Å². The van der Waals surface area contributed by atoms with E-state index in [1.54, 1.807) is 19.1 Å². The van der Waals surface area contributed by atoms with Gasteiger partial charge in [-0.2, -0.15) is 0 Å². The van der Waals surface area contributed by atoms with Crippen molar-refractivity contribution >= 4 is 5.97 Å². The van der Waals surface area contributed by atoms with Crippen molar-refractivity contribution in [3.8, 4) is 11.3 Å². The average Bonchev–Trinajstić information content (AvgIpc) is 2.97. The van der Waals surface area contributed by atoms with Crippen molar-refractivity contribution in [1.82, 2.24) is 5.32 Å². The van der Waals surface area contributed by atoms with E-state index in [2.05, 4.69) is 12.2 Å². The Balaban J connectivity index is 2.03. The molecule has 2 rings (SSSR count). The summed E-state index contributed by atoms with van der Waals surface area (Å²) >= 11 is 0. The Morgan fingerprint density at radius 3 is 2.57 bits per heavy atom. The summed E-state index contributed by atoms with van der Waals surface area (Å²) in [5.74, 6) is 1.42. The predicted octanol–water partition coefficient (Wildman–Crippen LogP) is 3.62. The second-order valence-corrected chi connectivity index (χ2v) is 4.74. The van der Waals surface area contributed by atoms with Crippen LogP contribution in [0, 0.1) is 0 Å². The lowest BCUT2D eigenvalue weighted by Gasteiger charge is -2.03. The Morgan fingerprint density at radius 1 is 1.14 bits per heavy atom. The van der Waals surface area contributed by atoms with Crippen molar-refractivity contribution in [2.45, 2.75) is 26.8 Å². The van der Waals surface area contributed by atoms with E-state index >= 15 is 0 Å². The molecule has 4 heteroatoms. The highest BCUT2D eigenvalue weighted by Crippen LogP contribution is 2.22. The van der Waals surface area contributed by atoms with Gasteiger partial charge in [0.2, 0.25) is 0 Å². The van der Waals surface area contributed by atoms with Crippen LogP contribution in [-0.2, 0) is 11.3 Å². The number of nitrogens with one attached hydrogen (secondary N) is 1. The Kier molecular flexibility index (Phi) is 5.58. The van der Waals surface area contributed by atoms with Crippen molar-refractivity contribution in [3.63, 3.8) is 0 Å². The zero-order valence-electron chi connectivity index (χ0n) is 12.5. The lowest BCUT2D eigenvalue weighted by Crippen LogP contribution is -2.12. The Hall–Kier alpha value is -2.07. The van der Waals surface area contributed by atoms with Crippen LogP contribution in [0.5, 0.6) is 0 Å². The summed E-state index contributed by atoms with van der Waals surface area (Å²) in [6.45, 7) is 6.01. The summed E-state index contributed by atoms with van der Waals surface area (Å²) in [6, 6.07) is 11.2. The van der Waals surface area contributed by atoms with Gasteiger partial charge < -0.3 is 14.5 Å². The lowest BCUT2D eigenvalue weighted by molar-refractivity contribution is 0.0526. The minimum Gasteiger partial charge on any atom is -0.462 e. The summed E-state index contributed by atoms with van der Waals surface area (Å²) < 4.78 is 10.7. The third-order valence-corrected chi connectivity index (χ3v) is 3.07. The summed E-state index contributed by atoms with van der Waals surface area (Å²) in [7, 11) is 0. The maximum atomic E-state index is 11.6. The van der Waals surface area contributed by atoms with E-state index < -0.39 is 0 Å². The van der Waals surface area contributed by atoms with E-state index in [1.807, 2.05) is 24.3 Å². The number of ether oxygens (including phenoxy) is 1. The summed E-state index contributed by atoms with van der Waals surface area (Å²) in [6.07, 6.45) is 1.10. The van der Waals surface area contributed by atoms with Gasteiger partial charge in [-0.3, -0.25) is 0 Å². The second-order valence-electron chi connectivity index (χ2n) is 4.74. The van der Waals surface area contributed by atoms with Gasteiger partial charge in [-0.05, 0) is 44.2 Å². The molecular formula is C17H21NO3. The van der Waals surface area contributed by atoms with Crippen molar-refractivity contribution in [1.29, 1.82) is 0 Å². The molecule has 0 fully saturated rings. The molecule has 0 spiro atoms. The van der Waals surface area contributed by atoms with Crippen LogP contribution in [-0.4, -0.2) is 19.1 Å². The number of esters is 1. The number of carbonyl (C=O) groups excluding carboxylic acids is 1. The Morgan fingerprint density at radius 2 is 1.90 bits per heavy atom. The molecule has 21 heavy (non-hydrogen) atoms. The van der Waals surface area contributed by atoms with E-state index in [-0.39, 0.29) is 5.97 Å². The summed E-state index contributed by atoms with van der Waals surface area (Å²) in [5.41, 5.74) is 1.50. The average molecular weight is 287 g/mol. The number of hydrogen-bond donors (Lipinski definition) is 1. The minimum atomic E-state index is -0.298. The molecule has 0 saturated carbocycles. The normalized spacial score (nSPS) is 10.6. The van der Waals surface area contributed by atoms with E-state index in [9.17, 15) is 4.79 Å². The maximum Gasteiger partial charge on any atom is 0.338 e. The third-order valence-electron chi connectivity index (χ3n) is 3.07. The van der Waals surface area contributed by atoms with Crippen LogP contribution in [0.1, 0.15) is 36.4 Å². The molecule has 0 aliphatic rings. The number of carbonyl (C=O) groups is 1. The summed E-state index contributed by atoms with van der Waals surface area (Å²) in [4.78, 5) is 11.6. The molecule has 2 aromatic rings. The fraction of sp³-hybridized carbons (Fsp3) is 0.353. The first-order chi connectivity index (χ1) is 10.2. The molecule has 4 nitrogen and oxygen atoms in total. The molecule has 1 N–H and O–H groups in total. The van der Waals surface area contributed by atoms with Gasteiger partial charge in [0.1, 0.15) is 11.5 Å². The van der Waals surface area contributed by atoms with Crippen LogP contribution < -0.4 is 5.32 Å². The standard InChI is InChI=1S/C17H21NO3/c1-3-11-18-12-15-9-10-16(21-15)13-5-7-14(8-6-13)17(19)20-4-2/h5-10,18H,3-4,11-12H2,1-2H3. The molecule has 1 aromatic carbocycles. The molecule has 112 valence electrons. The van der Waals surface area contributed by atoms with E-state index in [0.29, 0.717) is 12.2 Å². The lowest BCUT2D eigenvalue weighted by atomic mass is 10.1. The van der Waals surface area contributed by atoms with Gasteiger partial charge in [-0.15, -0.1) is 0 Å². The van der Waals surface area contributed by atoms with Crippen LogP contribution >= 0.6 is 0 Å². The maximum absolute atomic E-state index is 11.6. The largest absolute Gasteiger partial charge is 0.462 e. The molecule has 0 radical (unpaired) electrons. The number of furan rings is 1. The van der Waals surface area contributed by atoms with E-state index in [4.69, 9.17) is 9.15 Å². The van der Waals surface area contributed by atoms with Crippen LogP contribution in [0.2, 0.25) is 0 Å². The zero-order chi connectivity index (χ0) is 15.1. The Bertz CT molecular complexity index is 572. The van der Waals surface area contributed by atoms with E-state index in [1.165, 1.54) is 0 Å². The molecule has 1 heterocycles. The van der Waals surface area contributed by atoms with Gasteiger partial charge in [0.15, 0.2) is 0 Å². The van der Waals surface area contributed by atoms with Gasteiger partial charge in [0.05, 0.1) is 18.7 Å². The fourth-order valence-electron chi connectivity index (χ4n) is 2.00. The number of benzene rings is 1. The van der Waals surface area contributed by atoms with Gasteiger partial charge in [-0.25, -0.2) is 4.79 Å². The third kappa shape index (κ3) is 4.20. The Labute approximate surface area is 125 Å². The van der Waals surface area contributed by atoms with Crippen molar-refractivity contribution in [3.05, 3.63) is 47.7 Å². The molecule has 0 bridgehead atoms. The zero-order valence-corrected chi connectivity index (χ0v) is 12.5. The molecule has 0 aliphatic heterocycles. The SMILES string of the molecule is CCCNCc1ccc(-c2ccc(C(=O)OCC)cc2)o1. The van der Waals surface area contributed by atoms with Crippen LogP contribution in [0.15, 0.2) is 40.8 Å². The molecule has 0 atom stereocenters. The van der Waals surface area contributed by atoms with Crippen LogP contribution in [0.3, 0.4) is 0 Å². The molecule has 0 saturated heterocycles. The first-order valence-corrected chi connectivity index (χ1v) is 7.31. The summed E-state index contributed by atoms with van der Waals surface area (Å²) in [5, 5.41) is 3.30. The smallest absolute Gasteiger partial charge is 0.338 e. The topological polar surface area (TPSA) is 51.5 Å². The second kappa shape index (κ2) is 7.64. The molecule has 0 amide bonds. The van der Waals surface area contributed by atoms with Gasteiger partial charge >= 0.3 is 5.97 Å². The molecule has 0 unspecified atom stereocenters. The minimum absolute atomic E-state index is 0.298. The number of rotatable bonds is 7. The number of hydrogen-bond acceptors (Lipinski definition) is 4. The van der Waals surface area contributed by atoms with Gasteiger partial charge in [0.25, 0.3) is 0 Å². The van der Waals surface area contributed by atoms with Crippen molar-refractivity contribution < 1.29 is 13.9 Å². The highest BCUT2D eigenvalue weighted by Gasteiger charge is 2.08. The predicted molar refractivity (Wildman–Crippen MR) is 82.1 cm³/mol. The molecule has 0 aliphatic carbocycles. The van der Waals surface area contributed by atoms with Crippen molar-refractivity contribution in [2.24, 2.45) is 0 Å². The van der Waals surface area contributed by atoms with Crippen LogP contribution in [0.4, 0.5) is 0 Å². The first-order valence-electron chi connectivity index (χ1n) is 7.31. The molecule has 1 aromatic heterocycles. The quantitative estimate of drug-likeness (QED) is 0.624. The first kappa shape index (κ1) is 15.3. The van der Waals surface area contributed by atoms with Crippen LogP contribution in [0.25, 0.3) is 11.3 Å². The highest BCUT2D eigenvalue weighted by molar-refractivity contribution is 5.89. The fourth-order valence-corrected chi connectivity index (χ4v) is 2.00. The van der Waals surface area contributed by atoms with Crippen molar-refractivity contribution in [2.75, 3.05) is 13.2 Å². The molecular weight excluding hydrogens is 266 g/mol. The highest BCUT2D eigenvalue weighted by atomic mass is 16.5. The monoisotopic (exact) mass is 287 g/mol.